The van der Waals surface area contributed by atoms with E-state index in [0.717, 1.165) is 12.3 Å². The minimum atomic E-state index is -4.51. The molecule has 0 saturated carbocycles. The molecule has 2 aromatic rings. The number of piperazine rings is 1. The maximum Gasteiger partial charge on any atom is 0.417 e. The van der Waals surface area contributed by atoms with Gasteiger partial charge in [0.1, 0.15) is 10.8 Å². The summed E-state index contributed by atoms with van der Waals surface area (Å²) in [6, 6.07) is 5.12. The van der Waals surface area contributed by atoms with Crippen LogP contribution in [0.5, 0.6) is 0 Å². The van der Waals surface area contributed by atoms with Crippen molar-refractivity contribution in [2.75, 3.05) is 36.4 Å². The summed E-state index contributed by atoms with van der Waals surface area (Å²) in [5.74, 6) is 0.275. The van der Waals surface area contributed by atoms with Gasteiger partial charge in [0.2, 0.25) is 0 Å². The highest BCUT2D eigenvalue weighted by Gasteiger charge is 2.32. The molecule has 0 atom stereocenters. The van der Waals surface area contributed by atoms with Crippen LogP contribution in [0.3, 0.4) is 0 Å². The number of thiocarbonyl (C=S) groups is 1. The van der Waals surface area contributed by atoms with Gasteiger partial charge in [-0.05, 0) is 30.4 Å². The number of nitro groups is 1. The zero-order valence-corrected chi connectivity index (χ0v) is 17.4. The molecule has 1 aliphatic rings. The molecule has 30 heavy (non-hydrogen) atoms. The first-order valence-electron chi connectivity index (χ1n) is 8.54. The van der Waals surface area contributed by atoms with E-state index in [2.05, 4.69) is 10.3 Å². The average Bonchev–Trinajstić information content (AvgIpc) is 2.68. The van der Waals surface area contributed by atoms with Gasteiger partial charge in [0, 0.05) is 44.1 Å². The second-order valence-electron chi connectivity index (χ2n) is 6.35. The molecule has 0 unspecified atom stereocenters. The van der Waals surface area contributed by atoms with Crippen LogP contribution in [-0.2, 0) is 6.18 Å². The summed E-state index contributed by atoms with van der Waals surface area (Å²) in [6.45, 7) is 1.78. The van der Waals surface area contributed by atoms with Gasteiger partial charge in [0.05, 0.1) is 15.5 Å². The molecule has 1 aliphatic heterocycles. The molecule has 13 heteroatoms. The van der Waals surface area contributed by atoms with Crippen molar-refractivity contribution < 1.29 is 18.1 Å². The van der Waals surface area contributed by atoms with Gasteiger partial charge in [-0.15, -0.1) is 0 Å². The molecule has 0 bridgehead atoms. The monoisotopic (exact) mass is 479 g/mol. The van der Waals surface area contributed by atoms with Gasteiger partial charge in [-0.1, -0.05) is 23.2 Å². The molecular weight excluding hydrogens is 466 g/mol. The third kappa shape index (κ3) is 5.02. The van der Waals surface area contributed by atoms with E-state index in [0.29, 0.717) is 37.0 Å². The lowest BCUT2D eigenvalue weighted by molar-refractivity contribution is -0.384. The van der Waals surface area contributed by atoms with Crippen molar-refractivity contribution in [1.29, 1.82) is 0 Å². The smallest absolute Gasteiger partial charge is 0.352 e. The minimum absolute atomic E-state index is 0.0194. The van der Waals surface area contributed by atoms with Gasteiger partial charge in [-0.3, -0.25) is 10.1 Å². The Morgan fingerprint density at radius 2 is 1.83 bits per heavy atom. The summed E-state index contributed by atoms with van der Waals surface area (Å²) < 4.78 is 38.3. The highest BCUT2D eigenvalue weighted by molar-refractivity contribution is 7.80. The number of rotatable bonds is 3. The lowest BCUT2D eigenvalue weighted by atomic mass is 10.2. The molecule has 2 heterocycles. The summed E-state index contributed by atoms with van der Waals surface area (Å²) >= 11 is 17.2. The van der Waals surface area contributed by atoms with E-state index in [1.807, 2.05) is 4.90 Å². The van der Waals surface area contributed by atoms with Gasteiger partial charge in [0.15, 0.2) is 5.11 Å². The van der Waals surface area contributed by atoms with Gasteiger partial charge >= 0.3 is 6.18 Å². The molecule has 1 aromatic heterocycles. The fraction of sp³-hybridized carbons (Fsp3) is 0.294. The van der Waals surface area contributed by atoms with E-state index in [9.17, 15) is 23.3 Å². The molecule has 1 fully saturated rings. The predicted molar refractivity (Wildman–Crippen MR) is 112 cm³/mol. The van der Waals surface area contributed by atoms with Gasteiger partial charge in [-0.2, -0.15) is 13.2 Å². The van der Waals surface area contributed by atoms with Crippen molar-refractivity contribution in [3.63, 3.8) is 0 Å². The summed E-state index contributed by atoms with van der Waals surface area (Å²) in [4.78, 5) is 17.9. The minimum Gasteiger partial charge on any atom is -0.352 e. The Kier molecular flexibility index (Phi) is 6.53. The molecule has 0 aliphatic carbocycles. The van der Waals surface area contributed by atoms with Crippen molar-refractivity contribution in [3.8, 4) is 0 Å². The van der Waals surface area contributed by atoms with Crippen LogP contribution in [0, 0.1) is 10.1 Å². The van der Waals surface area contributed by atoms with Crippen molar-refractivity contribution in [2.24, 2.45) is 0 Å². The van der Waals surface area contributed by atoms with Crippen LogP contribution >= 0.6 is 35.4 Å². The van der Waals surface area contributed by atoms with E-state index < -0.39 is 16.7 Å². The highest BCUT2D eigenvalue weighted by atomic mass is 35.5. The summed E-state index contributed by atoms with van der Waals surface area (Å²) in [6.07, 6.45) is -3.75. The molecule has 0 spiro atoms. The van der Waals surface area contributed by atoms with E-state index in [1.165, 1.54) is 12.1 Å². The number of nitro benzene ring substituents is 1. The first kappa shape index (κ1) is 22.3. The molecular formula is C17H14Cl2F3N5O2S. The number of alkyl halides is 3. The van der Waals surface area contributed by atoms with Crippen molar-refractivity contribution in [1.82, 2.24) is 9.88 Å². The van der Waals surface area contributed by atoms with Gasteiger partial charge in [0.25, 0.3) is 5.69 Å². The standard InChI is InChI=1S/C17H14Cl2F3N5O2S/c18-12-2-1-11(8-14(12)27(28)29)24-16(30)26-5-3-25(4-6-26)15-13(19)7-10(9-23-15)17(20,21)22/h1-2,7-9H,3-6H2,(H,24,30). The fourth-order valence-corrected chi connectivity index (χ4v) is 3.65. The maximum atomic E-state index is 12.8. The van der Waals surface area contributed by atoms with Gasteiger partial charge in [-0.25, -0.2) is 4.98 Å². The number of hydrogen-bond acceptors (Lipinski definition) is 5. The molecule has 160 valence electrons. The summed E-state index contributed by atoms with van der Waals surface area (Å²) in [5.41, 5.74) is -0.722. The third-order valence-electron chi connectivity index (χ3n) is 4.41. The summed E-state index contributed by atoms with van der Waals surface area (Å²) in [7, 11) is 0. The van der Waals surface area contributed by atoms with Crippen LogP contribution in [0.2, 0.25) is 10.0 Å². The Balaban J connectivity index is 1.62. The SMILES string of the molecule is O=[N+]([O-])c1cc(NC(=S)N2CCN(c3ncc(C(F)(F)F)cc3Cl)CC2)ccc1Cl. The van der Waals surface area contributed by atoms with Crippen LogP contribution in [0.15, 0.2) is 30.5 Å². The first-order valence-corrected chi connectivity index (χ1v) is 9.70. The normalized spacial score (nSPS) is 14.6. The molecule has 3 rings (SSSR count). The Morgan fingerprint density at radius 1 is 1.17 bits per heavy atom. The Bertz CT molecular complexity index is 984. The predicted octanol–water partition coefficient (Wildman–Crippen LogP) is 4.83. The topological polar surface area (TPSA) is 74.5 Å². The molecule has 0 radical (unpaired) electrons. The van der Waals surface area contributed by atoms with Crippen LogP contribution in [0.1, 0.15) is 5.56 Å². The van der Waals surface area contributed by atoms with Crippen LogP contribution in [0.25, 0.3) is 0 Å². The van der Waals surface area contributed by atoms with Crippen LogP contribution in [0.4, 0.5) is 30.4 Å². The largest absolute Gasteiger partial charge is 0.417 e. The number of benzene rings is 1. The lowest BCUT2D eigenvalue weighted by Gasteiger charge is -2.37. The van der Waals surface area contributed by atoms with Gasteiger partial charge < -0.3 is 15.1 Å². The molecule has 0 amide bonds. The third-order valence-corrected chi connectivity index (χ3v) is 5.37. The molecule has 1 saturated heterocycles. The van der Waals surface area contributed by atoms with Crippen molar-refractivity contribution in [3.05, 3.63) is 56.2 Å². The van der Waals surface area contributed by atoms with Crippen LogP contribution < -0.4 is 10.2 Å². The molecule has 1 N–H and O–H groups in total. The second-order valence-corrected chi connectivity index (χ2v) is 7.56. The van der Waals surface area contributed by atoms with Crippen molar-refractivity contribution in [2.45, 2.75) is 6.18 Å². The first-order chi connectivity index (χ1) is 14.1. The maximum absolute atomic E-state index is 12.8. The summed E-state index contributed by atoms with van der Waals surface area (Å²) in [5, 5.41) is 14.2. The quantitative estimate of drug-likeness (QED) is 0.383. The number of aromatic nitrogens is 1. The van der Waals surface area contributed by atoms with E-state index >= 15 is 0 Å². The lowest BCUT2D eigenvalue weighted by Crippen LogP contribution is -2.50. The average molecular weight is 480 g/mol. The Morgan fingerprint density at radius 3 is 2.40 bits per heavy atom. The Labute approximate surface area is 184 Å². The number of hydrogen-bond donors (Lipinski definition) is 1. The Hall–Kier alpha value is -2.37. The van der Waals surface area contributed by atoms with E-state index in [4.69, 9.17) is 35.4 Å². The second kappa shape index (κ2) is 8.78. The highest BCUT2D eigenvalue weighted by Crippen LogP contribution is 2.34. The van der Waals surface area contributed by atoms with E-state index in [-0.39, 0.29) is 21.6 Å². The zero-order valence-electron chi connectivity index (χ0n) is 15.1. The number of nitrogens with one attached hydrogen (secondary N) is 1. The molecule has 1 aromatic carbocycles. The number of pyridine rings is 1. The van der Waals surface area contributed by atoms with E-state index in [1.54, 1.807) is 11.0 Å². The number of anilines is 2. The zero-order chi connectivity index (χ0) is 22.1. The van der Waals surface area contributed by atoms with Crippen molar-refractivity contribution >= 4 is 57.7 Å². The molecule has 7 nitrogen and oxygen atoms in total. The number of nitrogens with zero attached hydrogens (tertiary/aromatic N) is 4. The number of halogens is 5. The fourth-order valence-electron chi connectivity index (χ4n) is 2.87. The van der Waals surface area contributed by atoms with Crippen LogP contribution in [-0.4, -0.2) is 46.1 Å².